The Hall–Kier alpha value is -1.36. The van der Waals surface area contributed by atoms with Crippen LogP contribution in [0.25, 0.3) is 0 Å². The van der Waals surface area contributed by atoms with Crippen LogP contribution < -0.4 is 5.32 Å². The van der Waals surface area contributed by atoms with E-state index in [4.69, 9.17) is 0 Å². The van der Waals surface area contributed by atoms with Crippen LogP contribution in [0.5, 0.6) is 0 Å². The molecule has 0 aliphatic heterocycles. The summed E-state index contributed by atoms with van der Waals surface area (Å²) in [5.41, 5.74) is 1.46. The van der Waals surface area contributed by atoms with Crippen LogP contribution in [0.15, 0.2) is 11.4 Å². The highest BCUT2D eigenvalue weighted by atomic mass is 32.1. The number of aromatic nitrogens is 3. The molecule has 0 fully saturated rings. The van der Waals surface area contributed by atoms with Crippen molar-refractivity contribution in [3.63, 3.8) is 0 Å². The summed E-state index contributed by atoms with van der Waals surface area (Å²) in [6.07, 6.45) is 3.65. The average molecular weight is 248 g/mol. The van der Waals surface area contributed by atoms with Gasteiger partial charge in [0.05, 0.1) is 0 Å². The van der Waals surface area contributed by atoms with Gasteiger partial charge in [-0.05, 0) is 36.3 Å². The third kappa shape index (κ3) is 1.65. The first-order valence-corrected chi connectivity index (χ1v) is 6.82. The van der Waals surface area contributed by atoms with E-state index in [0.29, 0.717) is 5.92 Å². The van der Waals surface area contributed by atoms with Crippen molar-refractivity contribution < 1.29 is 0 Å². The summed E-state index contributed by atoms with van der Waals surface area (Å²) >= 11 is 1.87. The summed E-state index contributed by atoms with van der Waals surface area (Å²) in [5, 5.41) is 13.8. The molecule has 0 bridgehead atoms. The fraction of sp³-hybridized carbons (Fsp3) is 0.500. The van der Waals surface area contributed by atoms with Crippen LogP contribution in [-0.2, 0) is 13.5 Å². The quantitative estimate of drug-likeness (QED) is 0.887. The molecule has 0 saturated carbocycles. The monoisotopic (exact) mass is 248 g/mol. The molecule has 1 aliphatic rings. The Bertz CT molecular complexity index is 528. The maximum absolute atomic E-state index is 4.34. The Kier molecular flexibility index (Phi) is 2.63. The van der Waals surface area contributed by atoms with Crippen molar-refractivity contribution in [1.29, 1.82) is 0 Å². The molecule has 5 heteroatoms. The molecule has 3 rings (SSSR count). The minimum Gasteiger partial charge on any atom is -0.357 e. The number of rotatable bonds is 2. The van der Waals surface area contributed by atoms with Crippen LogP contribution in [0.3, 0.4) is 0 Å². The summed E-state index contributed by atoms with van der Waals surface area (Å²) in [6.45, 7) is 0. The molecule has 4 nitrogen and oxygen atoms in total. The fourth-order valence-electron chi connectivity index (χ4n) is 2.62. The third-order valence-electron chi connectivity index (χ3n) is 3.50. The van der Waals surface area contributed by atoms with Crippen LogP contribution in [0, 0.1) is 0 Å². The first-order valence-electron chi connectivity index (χ1n) is 5.94. The van der Waals surface area contributed by atoms with Gasteiger partial charge in [0.2, 0.25) is 5.95 Å². The zero-order chi connectivity index (χ0) is 11.8. The SMILES string of the molecule is CNc1nnc(C2CCCc3sccc32)n1C. The Balaban J connectivity index is 2.03. The lowest BCUT2D eigenvalue weighted by Crippen LogP contribution is -2.13. The highest BCUT2D eigenvalue weighted by molar-refractivity contribution is 7.10. The highest BCUT2D eigenvalue weighted by Crippen LogP contribution is 2.38. The summed E-state index contributed by atoms with van der Waals surface area (Å²) < 4.78 is 2.07. The normalized spacial score (nSPS) is 19.1. The van der Waals surface area contributed by atoms with E-state index in [1.54, 1.807) is 0 Å². The fourth-order valence-corrected chi connectivity index (χ4v) is 3.60. The van der Waals surface area contributed by atoms with Crippen molar-refractivity contribution in [1.82, 2.24) is 14.8 Å². The number of nitrogens with zero attached hydrogens (tertiary/aromatic N) is 3. The van der Waals surface area contributed by atoms with Gasteiger partial charge in [-0.15, -0.1) is 21.5 Å². The van der Waals surface area contributed by atoms with Crippen molar-refractivity contribution in [2.45, 2.75) is 25.2 Å². The van der Waals surface area contributed by atoms with E-state index in [1.165, 1.54) is 29.7 Å². The lowest BCUT2D eigenvalue weighted by Gasteiger charge is -2.21. The second kappa shape index (κ2) is 4.14. The van der Waals surface area contributed by atoms with E-state index in [-0.39, 0.29) is 0 Å². The standard InChI is InChI=1S/C12H16N4S/c1-13-12-15-14-11(16(12)2)9-4-3-5-10-8(9)6-7-17-10/h6-7,9H,3-5H2,1-2H3,(H,13,15). The number of nitrogens with one attached hydrogen (secondary N) is 1. The predicted octanol–water partition coefficient (Wildman–Crippen LogP) is 2.39. The van der Waals surface area contributed by atoms with E-state index in [0.717, 1.165) is 11.8 Å². The smallest absolute Gasteiger partial charge is 0.224 e. The predicted molar refractivity (Wildman–Crippen MR) is 69.6 cm³/mol. The van der Waals surface area contributed by atoms with Crippen LogP contribution in [0.4, 0.5) is 5.95 Å². The lowest BCUT2D eigenvalue weighted by molar-refractivity contribution is 0.579. The molecule has 0 amide bonds. The molecule has 1 N–H and O–H groups in total. The van der Waals surface area contributed by atoms with Crippen molar-refractivity contribution in [2.75, 3.05) is 12.4 Å². The van der Waals surface area contributed by atoms with Gasteiger partial charge < -0.3 is 9.88 Å². The molecular formula is C12H16N4S. The molecule has 2 aromatic rings. The van der Waals surface area contributed by atoms with Crippen molar-refractivity contribution in [3.8, 4) is 0 Å². The Morgan fingerprint density at radius 1 is 1.47 bits per heavy atom. The first kappa shape index (κ1) is 10.8. The van der Waals surface area contributed by atoms with E-state index in [2.05, 4.69) is 31.5 Å². The van der Waals surface area contributed by atoms with Gasteiger partial charge in [0.1, 0.15) is 5.82 Å². The molecule has 2 heterocycles. The van der Waals surface area contributed by atoms with E-state index in [9.17, 15) is 0 Å². The summed E-state index contributed by atoms with van der Waals surface area (Å²) in [7, 11) is 3.91. The van der Waals surface area contributed by atoms with E-state index < -0.39 is 0 Å². The van der Waals surface area contributed by atoms with Crippen molar-refractivity contribution in [3.05, 3.63) is 27.7 Å². The second-order valence-corrected chi connectivity index (χ2v) is 5.44. The number of thiophene rings is 1. The molecule has 2 aromatic heterocycles. The van der Waals surface area contributed by atoms with Gasteiger partial charge >= 0.3 is 0 Å². The van der Waals surface area contributed by atoms with Crippen LogP contribution >= 0.6 is 11.3 Å². The molecule has 90 valence electrons. The summed E-state index contributed by atoms with van der Waals surface area (Å²) in [5.74, 6) is 2.33. The molecule has 1 aliphatic carbocycles. The molecule has 0 aromatic carbocycles. The van der Waals surface area contributed by atoms with Crippen LogP contribution in [0.1, 0.15) is 35.0 Å². The van der Waals surface area contributed by atoms with Crippen LogP contribution in [-0.4, -0.2) is 21.8 Å². The van der Waals surface area contributed by atoms with E-state index >= 15 is 0 Å². The summed E-state index contributed by atoms with van der Waals surface area (Å²) in [6, 6.07) is 2.25. The Morgan fingerprint density at radius 3 is 3.12 bits per heavy atom. The molecular weight excluding hydrogens is 232 g/mol. The average Bonchev–Trinajstić information content (AvgIpc) is 2.94. The molecule has 1 unspecified atom stereocenters. The lowest BCUT2D eigenvalue weighted by atomic mass is 9.87. The highest BCUT2D eigenvalue weighted by Gasteiger charge is 2.26. The van der Waals surface area contributed by atoms with Gasteiger partial charge in [-0.2, -0.15) is 0 Å². The molecule has 0 radical (unpaired) electrons. The van der Waals surface area contributed by atoms with Gasteiger partial charge in [0.25, 0.3) is 0 Å². The number of fused-ring (bicyclic) bond motifs is 1. The van der Waals surface area contributed by atoms with Crippen molar-refractivity contribution in [2.24, 2.45) is 7.05 Å². The molecule has 17 heavy (non-hydrogen) atoms. The first-order chi connectivity index (χ1) is 8.31. The van der Waals surface area contributed by atoms with Crippen LogP contribution in [0.2, 0.25) is 0 Å². The van der Waals surface area contributed by atoms with Gasteiger partial charge in [-0.3, -0.25) is 0 Å². The topological polar surface area (TPSA) is 42.7 Å². The number of hydrogen-bond donors (Lipinski definition) is 1. The minimum absolute atomic E-state index is 0.421. The zero-order valence-electron chi connectivity index (χ0n) is 10.1. The Labute approximate surface area is 105 Å². The zero-order valence-corrected chi connectivity index (χ0v) is 10.9. The van der Waals surface area contributed by atoms with Crippen molar-refractivity contribution >= 4 is 17.3 Å². The summed E-state index contributed by atoms with van der Waals surface area (Å²) in [4.78, 5) is 1.52. The second-order valence-electron chi connectivity index (χ2n) is 4.43. The number of hydrogen-bond acceptors (Lipinski definition) is 4. The molecule has 1 atom stereocenters. The maximum atomic E-state index is 4.34. The number of aryl methyl sites for hydroxylation is 1. The van der Waals surface area contributed by atoms with Gasteiger partial charge in [-0.1, -0.05) is 0 Å². The van der Waals surface area contributed by atoms with Gasteiger partial charge in [0, 0.05) is 24.9 Å². The molecule has 0 saturated heterocycles. The largest absolute Gasteiger partial charge is 0.357 e. The van der Waals surface area contributed by atoms with Gasteiger partial charge in [0.15, 0.2) is 0 Å². The third-order valence-corrected chi connectivity index (χ3v) is 4.49. The maximum Gasteiger partial charge on any atom is 0.224 e. The molecule has 0 spiro atoms. The minimum atomic E-state index is 0.421. The van der Waals surface area contributed by atoms with E-state index in [1.807, 2.05) is 25.4 Å². The Morgan fingerprint density at radius 2 is 2.35 bits per heavy atom. The number of anilines is 1. The van der Waals surface area contributed by atoms with Gasteiger partial charge in [-0.25, -0.2) is 0 Å².